The van der Waals surface area contributed by atoms with Gasteiger partial charge in [-0.15, -0.1) is 0 Å². The summed E-state index contributed by atoms with van der Waals surface area (Å²) in [6.07, 6.45) is 7.35. The van der Waals surface area contributed by atoms with Gasteiger partial charge in [0.15, 0.2) is 0 Å². The molecule has 2 rings (SSSR count). The van der Waals surface area contributed by atoms with Gasteiger partial charge in [-0.3, -0.25) is 0 Å². The van der Waals surface area contributed by atoms with E-state index >= 15 is 0 Å². The molecule has 0 aromatic carbocycles. The Kier molecular flexibility index (Phi) is 3.38. The first-order valence-electron chi connectivity index (χ1n) is 5.71. The molecule has 0 spiro atoms. The Morgan fingerprint density at radius 3 is 3.20 bits per heavy atom. The molecule has 0 saturated carbocycles. The van der Waals surface area contributed by atoms with Crippen molar-refractivity contribution in [2.75, 3.05) is 6.61 Å². The van der Waals surface area contributed by atoms with Crippen molar-refractivity contribution in [1.82, 2.24) is 9.55 Å². The summed E-state index contributed by atoms with van der Waals surface area (Å²) in [4.78, 5) is 4.32. The molecule has 1 fully saturated rings. The summed E-state index contributed by atoms with van der Waals surface area (Å²) < 4.78 is 7.77. The van der Waals surface area contributed by atoms with Crippen molar-refractivity contribution in [3.63, 3.8) is 0 Å². The Balaban J connectivity index is 2.08. The highest BCUT2D eigenvalue weighted by Crippen LogP contribution is 2.23. The predicted molar refractivity (Wildman–Crippen MR) is 58.4 cm³/mol. The van der Waals surface area contributed by atoms with Gasteiger partial charge in [-0.1, -0.05) is 0 Å². The van der Waals surface area contributed by atoms with Gasteiger partial charge in [0.25, 0.3) is 0 Å². The smallest absolute Gasteiger partial charge is 0.128 e. The summed E-state index contributed by atoms with van der Waals surface area (Å²) in [5.74, 6) is 0.949. The minimum absolute atomic E-state index is 0.0831. The van der Waals surface area contributed by atoms with E-state index in [1.165, 1.54) is 6.42 Å². The van der Waals surface area contributed by atoms with E-state index in [1.807, 2.05) is 12.4 Å². The van der Waals surface area contributed by atoms with E-state index in [1.54, 1.807) is 0 Å². The maximum Gasteiger partial charge on any atom is 0.128 e. The second-order valence-electron chi connectivity index (χ2n) is 4.00. The largest absolute Gasteiger partial charge is 0.376 e. The van der Waals surface area contributed by atoms with E-state index in [2.05, 4.69) is 16.5 Å². The van der Waals surface area contributed by atoms with Crippen molar-refractivity contribution >= 4 is 0 Å². The molecule has 0 radical (unpaired) electrons. The highest BCUT2D eigenvalue weighted by molar-refractivity contribution is 5.01. The first-order valence-corrected chi connectivity index (χ1v) is 5.71. The van der Waals surface area contributed by atoms with Crippen LogP contribution in [0.4, 0.5) is 0 Å². The van der Waals surface area contributed by atoms with Crippen molar-refractivity contribution in [2.24, 2.45) is 5.73 Å². The van der Waals surface area contributed by atoms with Crippen LogP contribution < -0.4 is 5.73 Å². The Labute approximate surface area is 90.4 Å². The summed E-state index contributed by atoms with van der Waals surface area (Å²) >= 11 is 0. The van der Waals surface area contributed by atoms with Crippen molar-refractivity contribution in [3.05, 3.63) is 18.2 Å². The standard InChI is InChI=1S/C11H19N3O/c1-2-14-7-6-13-11(14)10(12)9-5-3-4-8-15-9/h6-7,9-10H,2-5,8,12H2,1H3. The second kappa shape index (κ2) is 4.77. The Bertz CT molecular complexity index is 305. The third-order valence-corrected chi connectivity index (χ3v) is 3.00. The average molecular weight is 209 g/mol. The molecule has 4 nitrogen and oxygen atoms in total. The van der Waals surface area contributed by atoms with Gasteiger partial charge in [0.2, 0.25) is 0 Å². The monoisotopic (exact) mass is 209 g/mol. The fraction of sp³-hybridized carbons (Fsp3) is 0.727. The molecular formula is C11H19N3O. The highest BCUT2D eigenvalue weighted by atomic mass is 16.5. The van der Waals surface area contributed by atoms with Gasteiger partial charge < -0.3 is 15.0 Å². The highest BCUT2D eigenvalue weighted by Gasteiger charge is 2.25. The molecule has 1 aliphatic rings. The van der Waals surface area contributed by atoms with Crippen LogP contribution in [0.15, 0.2) is 12.4 Å². The van der Waals surface area contributed by atoms with E-state index < -0.39 is 0 Å². The number of aryl methyl sites for hydroxylation is 1. The van der Waals surface area contributed by atoms with Gasteiger partial charge in [-0.05, 0) is 26.2 Å². The lowest BCUT2D eigenvalue weighted by Crippen LogP contribution is -2.33. The van der Waals surface area contributed by atoms with Crippen LogP contribution in [0.3, 0.4) is 0 Å². The first-order chi connectivity index (χ1) is 7.33. The summed E-state index contributed by atoms with van der Waals surface area (Å²) in [6, 6.07) is -0.0831. The zero-order valence-electron chi connectivity index (χ0n) is 9.22. The molecule has 2 heterocycles. The Morgan fingerprint density at radius 2 is 2.53 bits per heavy atom. The van der Waals surface area contributed by atoms with Gasteiger partial charge in [0.05, 0.1) is 12.1 Å². The van der Waals surface area contributed by atoms with Gasteiger partial charge >= 0.3 is 0 Å². The number of nitrogens with two attached hydrogens (primary N) is 1. The lowest BCUT2D eigenvalue weighted by molar-refractivity contribution is -0.00221. The minimum atomic E-state index is -0.0831. The first kappa shape index (κ1) is 10.6. The van der Waals surface area contributed by atoms with Crippen LogP contribution in [0, 0.1) is 0 Å². The normalized spacial score (nSPS) is 24.0. The quantitative estimate of drug-likeness (QED) is 0.820. The molecule has 0 bridgehead atoms. The number of hydrogen-bond donors (Lipinski definition) is 1. The molecule has 1 aliphatic heterocycles. The number of ether oxygens (including phenoxy) is 1. The Hall–Kier alpha value is -0.870. The SMILES string of the molecule is CCn1ccnc1C(N)C1CCCCO1. The predicted octanol–water partition coefficient (Wildman–Crippen LogP) is 1.47. The van der Waals surface area contributed by atoms with Crippen molar-refractivity contribution in [3.8, 4) is 0 Å². The summed E-state index contributed by atoms with van der Waals surface area (Å²) in [7, 11) is 0. The fourth-order valence-corrected chi connectivity index (χ4v) is 2.10. The maximum absolute atomic E-state index is 6.18. The molecule has 1 aromatic heterocycles. The zero-order valence-corrected chi connectivity index (χ0v) is 9.22. The lowest BCUT2D eigenvalue weighted by Gasteiger charge is -2.27. The van der Waals surface area contributed by atoms with Crippen LogP contribution in [0.5, 0.6) is 0 Å². The molecule has 1 saturated heterocycles. The molecule has 2 N–H and O–H groups in total. The van der Waals surface area contributed by atoms with Crippen molar-refractivity contribution < 1.29 is 4.74 Å². The Morgan fingerprint density at radius 1 is 1.67 bits per heavy atom. The molecular weight excluding hydrogens is 190 g/mol. The summed E-state index contributed by atoms with van der Waals surface area (Å²) in [5, 5.41) is 0. The van der Waals surface area contributed by atoms with Crippen molar-refractivity contribution in [2.45, 2.75) is 44.9 Å². The van der Waals surface area contributed by atoms with E-state index in [4.69, 9.17) is 10.5 Å². The molecule has 2 unspecified atom stereocenters. The van der Waals surface area contributed by atoms with Gasteiger partial charge in [-0.2, -0.15) is 0 Å². The lowest BCUT2D eigenvalue weighted by atomic mass is 10.0. The molecule has 0 amide bonds. The average Bonchev–Trinajstić information content (AvgIpc) is 2.77. The van der Waals surface area contributed by atoms with E-state index in [0.717, 1.165) is 31.8 Å². The molecule has 2 atom stereocenters. The van der Waals surface area contributed by atoms with Crippen LogP contribution in [-0.4, -0.2) is 22.3 Å². The third-order valence-electron chi connectivity index (χ3n) is 3.00. The van der Waals surface area contributed by atoms with Crippen LogP contribution in [-0.2, 0) is 11.3 Å². The van der Waals surface area contributed by atoms with Gasteiger partial charge in [0.1, 0.15) is 5.82 Å². The van der Waals surface area contributed by atoms with Gasteiger partial charge in [0, 0.05) is 25.5 Å². The van der Waals surface area contributed by atoms with E-state index in [-0.39, 0.29) is 12.1 Å². The number of aromatic nitrogens is 2. The summed E-state index contributed by atoms with van der Waals surface area (Å²) in [5.41, 5.74) is 6.18. The van der Waals surface area contributed by atoms with Crippen LogP contribution in [0.2, 0.25) is 0 Å². The zero-order chi connectivity index (χ0) is 10.7. The molecule has 4 heteroatoms. The van der Waals surface area contributed by atoms with Crippen LogP contribution in [0.1, 0.15) is 38.1 Å². The number of imidazole rings is 1. The second-order valence-corrected chi connectivity index (χ2v) is 4.00. The number of nitrogens with zero attached hydrogens (tertiary/aromatic N) is 2. The van der Waals surface area contributed by atoms with E-state index in [9.17, 15) is 0 Å². The van der Waals surface area contributed by atoms with Gasteiger partial charge in [-0.25, -0.2) is 4.98 Å². The van der Waals surface area contributed by atoms with Crippen LogP contribution >= 0.6 is 0 Å². The van der Waals surface area contributed by atoms with Crippen LogP contribution in [0.25, 0.3) is 0 Å². The third kappa shape index (κ3) is 2.21. The summed E-state index contributed by atoms with van der Waals surface area (Å²) in [6.45, 7) is 3.85. The van der Waals surface area contributed by atoms with Crippen molar-refractivity contribution in [1.29, 1.82) is 0 Å². The molecule has 84 valence electrons. The number of hydrogen-bond acceptors (Lipinski definition) is 3. The molecule has 0 aliphatic carbocycles. The topological polar surface area (TPSA) is 53.1 Å². The molecule has 15 heavy (non-hydrogen) atoms. The van der Waals surface area contributed by atoms with E-state index in [0.29, 0.717) is 0 Å². The molecule has 1 aromatic rings. The minimum Gasteiger partial charge on any atom is -0.376 e. The number of rotatable bonds is 3. The maximum atomic E-state index is 6.18. The fourth-order valence-electron chi connectivity index (χ4n) is 2.10.